The van der Waals surface area contributed by atoms with Gasteiger partial charge in [-0.25, -0.2) is 9.78 Å². The van der Waals surface area contributed by atoms with Gasteiger partial charge in [-0.15, -0.1) is 0 Å². The van der Waals surface area contributed by atoms with Crippen molar-refractivity contribution in [3.8, 4) is 11.3 Å². The van der Waals surface area contributed by atoms with E-state index in [1.54, 1.807) is 18.2 Å². The first-order valence-electron chi connectivity index (χ1n) is 5.13. The lowest BCUT2D eigenvalue weighted by atomic mass is 10.2. The van der Waals surface area contributed by atoms with Gasteiger partial charge in [0.05, 0.1) is 0 Å². The maximum absolute atomic E-state index is 10.8. The molecule has 1 amide bonds. The van der Waals surface area contributed by atoms with Crippen LogP contribution in [0.4, 0.5) is 5.82 Å². The molecule has 6 heteroatoms. The quantitative estimate of drug-likeness (QED) is 0.863. The number of furan rings is 1. The number of aromatic carboxylic acids is 1. The molecule has 0 atom stereocenters. The first kappa shape index (κ1) is 11.8. The fourth-order valence-electron chi connectivity index (χ4n) is 1.40. The van der Waals surface area contributed by atoms with Gasteiger partial charge in [0, 0.05) is 18.7 Å². The molecule has 2 rings (SSSR count). The Morgan fingerprint density at radius 1 is 1.28 bits per heavy atom. The maximum Gasteiger partial charge on any atom is 0.371 e. The van der Waals surface area contributed by atoms with E-state index in [1.807, 2.05) is 0 Å². The van der Waals surface area contributed by atoms with E-state index < -0.39 is 5.97 Å². The highest BCUT2D eigenvalue weighted by Crippen LogP contribution is 2.22. The smallest absolute Gasteiger partial charge is 0.371 e. The Hall–Kier alpha value is -2.63. The van der Waals surface area contributed by atoms with Gasteiger partial charge < -0.3 is 14.8 Å². The van der Waals surface area contributed by atoms with Crippen molar-refractivity contribution in [1.82, 2.24) is 4.98 Å². The second-order valence-corrected chi connectivity index (χ2v) is 3.58. The van der Waals surface area contributed by atoms with Crippen LogP contribution in [-0.2, 0) is 4.79 Å². The molecule has 0 saturated heterocycles. The summed E-state index contributed by atoms with van der Waals surface area (Å²) in [4.78, 5) is 25.5. The van der Waals surface area contributed by atoms with Crippen LogP contribution in [0.5, 0.6) is 0 Å². The zero-order valence-electron chi connectivity index (χ0n) is 9.51. The molecule has 2 N–H and O–H groups in total. The lowest BCUT2D eigenvalue weighted by molar-refractivity contribution is -0.114. The molecule has 2 heterocycles. The molecule has 0 aliphatic rings. The topological polar surface area (TPSA) is 92.4 Å². The summed E-state index contributed by atoms with van der Waals surface area (Å²) in [6.07, 6.45) is 1.50. The van der Waals surface area contributed by atoms with E-state index in [0.717, 1.165) is 0 Å². The minimum absolute atomic E-state index is 0.129. The minimum Gasteiger partial charge on any atom is -0.475 e. The SMILES string of the molecule is CC(=O)Nc1ccc(-c2ccc(C(=O)O)o2)cn1. The molecule has 0 saturated carbocycles. The summed E-state index contributed by atoms with van der Waals surface area (Å²) >= 11 is 0. The molecule has 6 nitrogen and oxygen atoms in total. The largest absolute Gasteiger partial charge is 0.475 e. The number of nitrogens with zero attached hydrogens (tertiary/aromatic N) is 1. The van der Waals surface area contributed by atoms with Gasteiger partial charge in [0.2, 0.25) is 11.7 Å². The molecule has 0 spiro atoms. The molecular weight excluding hydrogens is 236 g/mol. The molecule has 0 unspecified atom stereocenters. The number of hydrogen-bond acceptors (Lipinski definition) is 4. The van der Waals surface area contributed by atoms with E-state index in [1.165, 1.54) is 19.2 Å². The van der Waals surface area contributed by atoms with Crippen LogP contribution in [-0.4, -0.2) is 22.0 Å². The predicted molar refractivity (Wildman–Crippen MR) is 63.2 cm³/mol. The van der Waals surface area contributed by atoms with Gasteiger partial charge in [-0.05, 0) is 24.3 Å². The molecule has 0 fully saturated rings. The van der Waals surface area contributed by atoms with Gasteiger partial charge in [0.15, 0.2) is 0 Å². The Bertz CT molecular complexity index is 586. The van der Waals surface area contributed by atoms with Crippen molar-refractivity contribution in [3.63, 3.8) is 0 Å². The predicted octanol–water partition coefficient (Wildman–Crippen LogP) is 2.00. The monoisotopic (exact) mass is 246 g/mol. The molecule has 92 valence electrons. The van der Waals surface area contributed by atoms with Crippen LogP contribution in [0.2, 0.25) is 0 Å². The molecule has 0 aromatic carbocycles. The summed E-state index contributed by atoms with van der Waals surface area (Å²) < 4.78 is 5.13. The van der Waals surface area contributed by atoms with Crippen LogP contribution in [0, 0.1) is 0 Å². The lowest BCUT2D eigenvalue weighted by Gasteiger charge is -2.01. The standard InChI is InChI=1S/C12H10N2O4/c1-7(15)14-11-5-2-8(6-13-11)9-3-4-10(18-9)12(16)17/h2-6H,1H3,(H,16,17)(H,13,14,15). The average molecular weight is 246 g/mol. The maximum atomic E-state index is 10.8. The summed E-state index contributed by atoms with van der Waals surface area (Å²) in [5.74, 6) is -0.619. The summed E-state index contributed by atoms with van der Waals surface area (Å²) in [6, 6.07) is 6.22. The first-order chi connectivity index (χ1) is 8.56. The van der Waals surface area contributed by atoms with Gasteiger partial charge in [-0.3, -0.25) is 4.79 Å². The molecule has 0 aliphatic heterocycles. The molecule has 2 aromatic rings. The van der Waals surface area contributed by atoms with E-state index in [4.69, 9.17) is 9.52 Å². The number of carboxylic acids is 1. The number of nitrogens with one attached hydrogen (secondary N) is 1. The normalized spacial score (nSPS) is 10.1. The zero-order chi connectivity index (χ0) is 13.1. The van der Waals surface area contributed by atoms with Crippen LogP contribution in [0.1, 0.15) is 17.5 Å². The third-order valence-electron chi connectivity index (χ3n) is 2.17. The highest BCUT2D eigenvalue weighted by molar-refractivity contribution is 5.87. The Morgan fingerprint density at radius 3 is 2.56 bits per heavy atom. The van der Waals surface area contributed by atoms with Gasteiger partial charge >= 0.3 is 5.97 Å². The number of anilines is 1. The third kappa shape index (κ3) is 2.54. The Balaban J connectivity index is 2.22. The summed E-state index contributed by atoms with van der Waals surface area (Å²) in [7, 11) is 0. The van der Waals surface area contributed by atoms with Crippen LogP contribution >= 0.6 is 0 Å². The van der Waals surface area contributed by atoms with Crippen molar-refractivity contribution >= 4 is 17.7 Å². The molecule has 2 aromatic heterocycles. The number of amides is 1. The Morgan fingerprint density at radius 2 is 2.06 bits per heavy atom. The second kappa shape index (κ2) is 4.70. The Kier molecular flexibility index (Phi) is 3.09. The number of aromatic nitrogens is 1. The van der Waals surface area contributed by atoms with Crippen molar-refractivity contribution in [2.24, 2.45) is 0 Å². The van der Waals surface area contributed by atoms with Crippen molar-refractivity contribution < 1.29 is 19.1 Å². The summed E-state index contributed by atoms with van der Waals surface area (Å²) in [5, 5.41) is 11.3. The van der Waals surface area contributed by atoms with Gasteiger partial charge in [-0.2, -0.15) is 0 Å². The number of hydrogen-bond donors (Lipinski definition) is 2. The summed E-state index contributed by atoms with van der Waals surface area (Å²) in [6.45, 7) is 1.39. The van der Waals surface area contributed by atoms with Crippen molar-refractivity contribution in [2.45, 2.75) is 6.92 Å². The number of carboxylic acid groups (broad SMARTS) is 1. The van der Waals surface area contributed by atoms with E-state index >= 15 is 0 Å². The highest BCUT2D eigenvalue weighted by atomic mass is 16.4. The molecule has 0 aliphatic carbocycles. The number of rotatable bonds is 3. The summed E-state index contributed by atoms with van der Waals surface area (Å²) in [5.41, 5.74) is 0.636. The molecule has 0 bridgehead atoms. The second-order valence-electron chi connectivity index (χ2n) is 3.58. The van der Waals surface area contributed by atoms with Crippen molar-refractivity contribution in [3.05, 3.63) is 36.2 Å². The van der Waals surface area contributed by atoms with Gasteiger partial charge in [0.25, 0.3) is 0 Å². The Labute approximate surface area is 102 Å². The molecular formula is C12H10N2O4. The molecule has 0 radical (unpaired) electrons. The van der Waals surface area contributed by atoms with E-state index in [9.17, 15) is 9.59 Å². The third-order valence-corrected chi connectivity index (χ3v) is 2.17. The molecule has 18 heavy (non-hydrogen) atoms. The van der Waals surface area contributed by atoms with Crippen LogP contribution in [0.3, 0.4) is 0 Å². The highest BCUT2D eigenvalue weighted by Gasteiger charge is 2.10. The lowest BCUT2D eigenvalue weighted by Crippen LogP contribution is -2.06. The van der Waals surface area contributed by atoms with E-state index in [2.05, 4.69) is 10.3 Å². The van der Waals surface area contributed by atoms with Crippen molar-refractivity contribution in [1.29, 1.82) is 0 Å². The van der Waals surface area contributed by atoms with Crippen LogP contribution in [0.25, 0.3) is 11.3 Å². The number of carbonyl (C=O) groups excluding carboxylic acids is 1. The zero-order valence-corrected chi connectivity index (χ0v) is 9.51. The van der Waals surface area contributed by atoms with Crippen LogP contribution in [0.15, 0.2) is 34.9 Å². The van der Waals surface area contributed by atoms with Crippen molar-refractivity contribution in [2.75, 3.05) is 5.32 Å². The number of carbonyl (C=O) groups is 2. The fraction of sp³-hybridized carbons (Fsp3) is 0.0833. The van der Waals surface area contributed by atoms with Gasteiger partial charge in [0.1, 0.15) is 11.6 Å². The first-order valence-corrected chi connectivity index (χ1v) is 5.13. The number of pyridine rings is 1. The minimum atomic E-state index is -1.12. The van der Waals surface area contributed by atoms with E-state index in [0.29, 0.717) is 17.1 Å². The fourth-order valence-corrected chi connectivity index (χ4v) is 1.40. The van der Waals surface area contributed by atoms with E-state index in [-0.39, 0.29) is 11.7 Å². The van der Waals surface area contributed by atoms with Crippen LogP contribution < -0.4 is 5.32 Å². The van der Waals surface area contributed by atoms with Gasteiger partial charge in [-0.1, -0.05) is 0 Å². The average Bonchev–Trinajstić information content (AvgIpc) is 2.78.